The molecule has 5 nitrogen and oxygen atoms in total. The molecule has 2 atom stereocenters. The Bertz CT molecular complexity index is 1050. The second kappa shape index (κ2) is 9.37. The predicted molar refractivity (Wildman–Crippen MR) is 122 cm³/mol. The number of allylic oxidation sites excluding steroid dienone is 2. The number of aromatic nitrogens is 1. The minimum atomic E-state index is -0.469. The van der Waals surface area contributed by atoms with E-state index in [4.69, 9.17) is 26.1 Å². The molecular weight excluding hydrogens is 434 g/mol. The monoisotopic (exact) mass is 457 g/mol. The molecule has 2 aromatic rings. The molecule has 0 radical (unpaired) electrons. The van der Waals surface area contributed by atoms with Gasteiger partial charge in [0.25, 0.3) is 0 Å². The lowest BCUT2D eigenvalue weighted by Gasteiger charge is -2.24. The molecule has 31 heavy (non-hydrogen) atoms. The predicted octanol–water partition coefficient (Wildman–Crippen LogP) is 5.83. The number of nitrogens with zero attached hydrogens (tertiary/aromatic N) is 1. The molecule has 1 aromatic carbocycles. The van der Waals surface area contributed by atoms with Crippen molar-refractivity contribution in [2.75, 3.05) is 6.61 Å². The Morgan fingerprint density at radius 3 is 2.68 bits per heavy atom. The number of hydrogen-bond acceptors (Lipinski definition) is 6. The van der Waals surface area contributed by atoms with E-state index in [1.165, 1.54) is 12.3 Å². The third-order valence-corrected chi connectivity index (χ3v) is 7.20. The number of ketones is 1. The minimum Gasteiger partial charge on any atom is -0.468 e. The Morgan fingerprint density at radius 1 is 1.23 bits per heavy atom. The fourth-order valence-corrected chi connectivity index (χ4v) is 5.37. The quantitative estimate of drug-likeness (QED) is 0.297. The van der Waals surface area contributed by atoms with Crippen molar-refractivity contribution < 1.29 is 19.1 Å². The molecule has 0 unspecified atom stereocenters. The van der Waals surface area contributed by atoms with Crippen molar-refractivity contribution in [1.29, 1.82) is 0 Å². The second-order valence-electron chi connectivity index (χ2n) is 7.63. The molecule has 1 aromatic heterocycles. The van der Waals surface area contributed by atoms with Crippen LogP contribution in [0.2, 0.25) is 5.02 Å². The van der Waals surface area contributed by atoms with E-state index in [2.05, 4.69) is 6.92 Å². The van der Waals surface area contributed by atoms with Crippen LogP contribution in [-0.4, -0.2) is 23.3 Å². The van der Waals surface area contributed by atoms with Gasteiger partial charge in [0.2, 0.25) is 0 Å². The molecule has 2 bridgehead atoms. The maximum absolute atomic E-state index is 13.3. The summed E-state index contributed by atoms with van der Waals surface area (Å²) >= 11 is 7.61. The van der Waals surface area contributed by atoms with Crippen LogP contribution in [0, 0.1) is 11.8 Å². The summed E-state index contributed by atoms with van der Waals surface area (Å²) in [6, 6.07) is 7.54. The van der Waals surface area contributed by atoms with Crippen LogP contribution in [0.3, 0.4) is 0 Å². The molecule has 7 heteroatoms. The molecule has 0 aliphatic heterocycles. The molecule has 2 aliphatic carbocycles. The Labute approximate surface area is 190 Å². The first-order valence-electron chi connectivity index (χ1n) is 10.6. The van der Waals surface area contributed by atoms with Gasteiger partial charge in [0.1, 0.15) is 10.8 Å². The summed E-state index contributed by atoms with van der Waals surface area (Å²) in [6.45, 7) is 4.11. The van der Waals surface area contributed by atoms with E-state index < -0.39 is 5.97 Å². The fourth-order valence-electron chi connectivity index (χ4n) is 4.23. The van der Waals surface area contributed by atoms with Gasteiger partial charge in [-0.2, -0.15) is 0 Å². The topological polar surface area (TPSA) is 65.5 Å². The largest absolute Gasteiger partial charge is 0.468 e. The average molecular weight is 458 g/mol. The summed E-state index contributed by atoms with van der Waals surface area (Å²) in [5, 5.41) is 1.52. The Balaban J connectivity index is 1.75. The highest BCUT2D eigenvalue weighted by Gasteiger charge is 2.43. The van der Waals surface area contributed by atoms with Crippen LogP contribution < -0.4 is 0 Å². The van der Waals surface area contributed by atoms with Crippen molar-refractivity contribution in [2.45, 2.75) is 39.5 Å². The third kappa shape index (κ3) is 4.46. The van der Waals surface area contributed by atoms with Gasteiger partial charge in [-0.05, 0) is 44.7 Å². The number of fused-ring (bicyclic) bond motifs is 2. The van der Waals surface area contributed by atoms with E-state index in [0.717, 1.165) is 41.1 Å². The number of thiazole rings is 1. The van der Waals surface area contributed by atoms with Crippen LogP contribution >= 0.6 is 22.9 Å². The lowest BCUT2D eigenvalue weighted by molar-refractivity contribution is -0.137. The van der Waals surface area contributed by atoms with E-state index in [1.54, 1.807) is 18.3 Å². The summed E-state index contributed by atoms with van der Waals surface area (Å²) in [7, 11) is 0. The van der Waals surface area contributed by atoms with Crippen molar-refractivity contribution in [2.24, 2.45) is 11.8 Å². The molecule has 1 fully saturated rings. The molecule has 1 heterocycles. The van der Waals surface area contributed by atoms with Crippen LogP contribution in [0.25, 0.3) is 16.1 Å². The zero-order valence-electron chi connectivity index (χ0n) is 17.5. The maximum atomic E-state index is 13.3. The first-order valence-corrected chi connectivity index (χ1v) is 11.8. The smallest absolute Gasteiger partial charge is 0.333 e. The number of rotatable bonds is 7. The SMILES string of the molecule is CCOC(=O)/C=C/OC1=C(c2nc(-c3ccc(Cl)cc3)sc2CC)C(=O)[C@H]2CC[C@@H]1C2. The molecule has 162 valence electrons. The van der Waals surface area contributed by atoms with Gasteiger partial charge in [-0.25, -0.2) is 9.78 Å². The van der Waals surface area contributed by atoms with Gasteiger partial charge >= 0.3 is 5.97 Å². The van der Waals surface area contributed by atoms with Crippen molar-refractivity contribution in [3.05, 3.63) is 58.0 Å². The van der Waals surface area contributed by atoms with Crippen LogP contribution in [-0.2, 0) is 25.5 Å². The lowest BCUT2D eigenvalue weighted by atomic mass is 9.84. The van der Waals surface area contributed by atoms with E-state index in [1.807, 2.05) is 24.3 Å². The highest BCUT2D eigenvalue weighted by molar-refractivity contribution is 7.15. The molecule has 2 aliphatic rings. The van der Waals surface area contributed by atoms with E-state index >= 15 is 0 Å². The number of esters is 1. The van der Waals surface area contributed by atoms with Gasteiger partial charge in [0, 0.05) is 27.3 Å². The minimum absolute atomic E-state index is 0.0202. The van der Waals surface area contributed by atoms with Gasteiger partial charge in [-0.1, -0.05) is 30.7 Å². The van der Waals surface area contributed by atoms with E-state index in [9.17, 15) is 9.59 Å². The maximum Gasteiger partial charge on any atom is 0.333 e. The number of Topliss-reactive ketones (excluding diaryl/α,β-unsaturated/α-hetero) is 1. The highest BCUT2D eigenvalue weighted by atomic mass is 35.5. The van der Waals surface area contributed by atoms with Gasteiger partial charge < -0.3 is 9.47 Å². The van der Waals surface area contributed by atoms with Crippen molar-refractivity contribution in [3.8, 4) is 10.6 Å². The van der Waals surface area contributed by atoms with Gasteiger partial charge in [-0.15, -0.1) is 11.3 Å². The number of carbonyl (C=O) groups excluding carboxylic acids is 2. The van der Waals surface area contributed by atoms with Gasteiger partial charge in [0.05, 0.1) is 30.2 Å². The Morgan fingerprint density at radius 2 is 1.97 bits per heavy atom. The Hall–Kier alpha value is -2.44. The average Bonchev–Trinajstić information content (AvgIpc) is 3.38. The van der Waals surface area contributed by atoms with Crippen LogP contribution in [0.4, 0.5) is 0 Å². The number of halogens is 1. The number of benzene rings is 1. The van der Waals surface area contributed by atoms with Crippen molar-refractivity contribution >= 4 is 40.3 Å². The summed E-state index contributed by atoms with van der Waals surface area (Å²) in [5.41, 5.74) is 2.24. The van der Waals surface area contributed by atoms with Crippen molar-refractivity contribution in [3.63, 3.8) is 0 Å². The molecule has 0 amide bonds. The highest BCUT2D eigenvalue weighted by Crippen LogP contribution is 2.48. The number of aryl methyl sites for hydroxylation is 1. The first-order chi connectivity index (χ1) is 15.0. The first kappa shape index (κ1) is 21.8. The lowest BCUT2D eigenvalue weighted by Crippen LogP contribution is -2.22. The number of hydrogen-bond donors (Lipinski definition) is 0. The molecule has 0 spiro atoms. The van der Waals surface area contributed by atoms with E-state index in [0.29, 0.717) is 28.7 Å². The zero-order chi connectivity index (χ0) is 22.0. The Kier molecular flexibility index (Phi) is 6.58. The zero-order valence-corrected chi connectivity index (χ0v) is 19.1. The second-order valence-corrected chi connectivity index (χ2v) is 9.15. The van der Waals surface area contributed by atoms with Crippen LogP contribution in [0.15, 0.2) is 42.4 Å². The molecule has 4 rings (SSSR count). The normalized spacial score (nSPS) is 20.5. The summed E-state index contributed by atoms with van der Waals surface area (Å²) in [6.07, 6.45) is 5.90. The molecular formula is C24H24ClNO4S. The number of carbonyl (C=O) groups is 2. The van der Waals surface area contributed by atoms with Crippen molar-refractivity contribution in [1.82, 2.24) is 4.98 Å². The fraction of sp³-hybridized carbons (Fsp3) is 0.375. The molecule has 0 N–H and O–H groups in total. The standard InChI is InChI=1S/C24H24ClNO4S/c1-3-18-21(26-24(31-18)14-7-9-17(25)10-8-14)20-22(28)15-5-6-16(13-15)23(20)30-12-11-19(27)29-4-2/h7-12,15-16H,3-6,13H2,1-2H3/b12-11+/t15-,16+/m0/s1. The third-order valence-electron chi connectivity index (χ3n) is 5.70. The molecule has 0 saturated heterocycles. The van der Waals surface area contributed by atoms with Gasteiger partial charge in [0.15, 0.2) is 5.78 Å². The van der Waals surface area contributed by atoms with E-state index in [-0.39, 0.29) is 17.6 Å². The van der Waals surface area contributed by atoms with Crippen LogP contribution in [0.1, 0.15) is 43.7 Å². The van der Waals surface area contributed by atoms with Gasteiger partial charge in [-0.3, -0.25) is 4.79 Å². The molecule has 1 saturated carbocycles. The summed E-state index contributed by atoms with van der Waals surface area (Å²) < 4.78 is 10.8. The van der Waals surface area contributed by atoms with Crippen LogP contribution in [0.5, 0.6) is 0 Å². The summed E-state index contributed by atoms with van der Waals surface area (Å²) in [5.74, 6) is 0.434. The number of ether oxygens (including phenoxy) is 2. The summed E-state index contributed by atoms with van der Waals surface area (Å²) in [4.78, 5) is 30.9.